The number of methoxy groups -OCH3 is 1. The van der Waals surface area contributed by atoms with Crippen molar-refractivity contribution in [3.05, 3.63) is 53.6 Å². The lowest BCUT2D eigenvalue weighted by atomic mass is 9.85. The van der Waals surface area contributed by atoms with Crippen molar-refractivity contribution < 1.29 is 13.5 Å². The van der Waals surface area contributed by atoms with Crippen molar-refractivity contribution in [3.63, 3.8) is 0 Å². The number of rotatable bonds is 4. The largest absolute Gasteiger partial charge is 0.496 e. The summed E-state index contributed by atoms with van der Waals surface area (Å²) in [5.41, 5.74) is 2.16. The van der Waals surface area contributed by atoms with Crippen LogP contribution in [0.3, 0.4) is 0 Å². The van der Waals surface area contributed by atoms with Crippen LogP contribution in [0.2, 0.25) is 0 Å². The normalized spacial score (nSPS) is 27.5. The summed E-state index contributed by atoms with van der Waals surface area (Å²) in [4.78, 5) is 2.73. The van der Waals surface area contributed by atoms with Gasteiger partial charge in [-0.3, -0.25) is 0 Å². The Morgan fingerprint density at radius 3 is 2.48 bits per heavy atom. The average Bonchev–Trinajstić information content (AvgIpc) is 3.39. The van der Waals surface area contributed by atoms with Gasteiger partial charge in [0.2, 0.25) is 0 Å². The van der Waals surface area contributed by atoms with Crippen molar-refractivity contribution >= 4 is 0 Å². The highest BCUT2D eigenvalue weighted by Gasteiger charge is 2.43. The maximum Gasteiger partial charge on any atom is 0.166 e. The third-order valence-electron chi connectivity index (χ3n) is 7.63. The van der Waals surface area contributed by atoms with E-state index in [1.54, 1.807) is 19.2 Å². The van der Waals surface area contributed by atoms with Crippen LogP contribution in [0.15, 0.2) is 36.4 Å². The quantitative estimate of drug-likeness (QED) is 0.627. The Kier molecular flexibility index (Phi) is 5.07. The summed E-state index contributed by atoms with van der Waals surface area (Å²) in [6.45, 7) is 2.25. The van der Waals surface area contributed by atoms with Crippen molar-refractivity contribution in [1.29, 1.82) is 0 Å². The number of likely N-dealkylation sites (tertiary alicyclic amines) is 1. The van der Waals surface area contributed by atoms with Crippen molar-refractivity contribution in [2.75, 3.05) is 20.2 Å². The number of hydrogen-bond acceptors (Lipinski definition) is 2. The Balaban J connectivity index is 1.36. The fourth-order valence-electron chi connectivity index (χ4n) is 6.15. The smallest absolute Gasteiger partial charge is 0.166 e. The number of piperidine rings is 1. The van der Waals surface area contributed by atoms with Crippen LogP contribution in [0.25, 0.3) is 11.1 Å². The standard InChI is InChI=1S/C25H29F2NO/c1-29-24-8-7-18(20-3-2-4-22(26)25(20)27)15-21(24)17-9-11-28(12-10-17)23-14-16-5-6-19(23)13-16/h2-4,7-8,15-17,19,23H,5-6,9-14H2,1H3/t16-,19?,23+/m0/s1. The van der Waals surface area contributed by atoms with Crippen molar-refractivity contribution in [3.8, 4) is 16.9 Å². The minimum absolute atomic E-state index is 0.313. The molecule has 0 amide bonds. The third kappa shape index (κ3) is 3.46. The van der Waals surface area contributed by atoms with Crippen molar-refractivity contribution in [2.24, 2.45) is 11.8 Å². The SMILES string of the molecule is COc1ccc(-c2cccc(F)c2F)cc1C1CCN([C@@H]2C[C@H]3CCC2C3)CC1. The number of halogens is 2. The van der Waals surface area contributed by atoms with E-state index in [0.29, 0.717) is 17.0 Å². The molecule has 5 rings (SSSR count). The van der Waals surface area contributed by atoms with Gasteiger partial charge >= 0.3 is 0 Å². The van der Waals surface area contributed by atoms with E-state index in [4.69, 9.17) is 4.74 Å². The van der Waals surface area contributed by atoms with E-state index < -0.39 is 11.6 Å². The maximum absolute atomic E-state index is 14.3. The monoisotopic (exact) mass is 397 g/mol. The molecule has 1 aliphatic heterocycles. The molecule has 3 fully saturated rings. The Labute approximate surface area is 171 Å². The van der Waals surface area contributed by atoms with Crippen LogP contribution in [0.5, 0.6) is 5.75 Å². The molecule has 4 heteroatoms. The molecule has 2 bridgehead atoms. The van der Waals surface area contributed by atoms with Gasteiger partial charge in [-0.05, 0) is 92.3 Å². The van der Waals surface area contributed by atoms with E-state index in [1.807, 2.05) is 18.2 Å². The molecular formula is C25H29F2NO. The first-order valence-electron chi connectivity index (χ1n) is 11.0. The number of hydrogen-bond donors (Lipinski definition) is 0. The summed E-state index contributed by atoms with van der Waals surface area (Å²) < 4.78 is 33.7. The second kappa shape index (κ2) is 7.71. The lowest BCUT2D eigenvalue weighted by Gasteiger charge is -2.40. The van der Waals surface area contributed by atoms with Crippen LogP contribution >= 0.6 is 0 Å². The summed E-state index contributed by atoms with van der Waals surface area (Å²) in [7, 11) is 1.69. The number of fused-ring (bicyclic) bond motifs is 2. The fraction of sp³-hybridized carbons (Fsp3) is 0.520. The predicted octanol–water partition coefficient (Wildman–Crippen LogP) is 6.01. The molecule has 0 N–H and O–H groups in total. The molecule has 2 saturated carbocycles. The van der Waals surface area contributed by atoms with Crippen LogP contribution < -0.4 is 4.74 Å². The van der Waals surface area contributed by atoms with Gasteiger partial charge in [-0.25, -0.2) is 8.78 Å². The van der Waals surface area contributed by atoms with Gasteiger partial charge in [-0.2, -0.15) is 0 Å². The number of benzene rings is 2. The highest BCUT2D eigenvalue weighted by Crippen LogP contribution is 2.48. The molecule has 2 nitrogen and oxygen atoms in total. The van der Waals surface area contributed by atoms with Gasteiger partial charge in [-0.15, -0.1) is 0 Å². The summed E-state index contributed by atoms with van der Waals surface area (Å²) in [6.07, 6.45) is 7.90. The molecule has 1 heterocycles. The first-order chi connectivity index (χ1) is 14.1. The zero-order valence-electron chi connectivity index (χ0n) is 17.0. The topological polar surface area (TPSA) is 12.5 Å². The predicted molar refractivity (Wildman–Crippen MR) is 111 cm³/mol. The van der Waals surface area contributed by atoms with E-state index >= 15 is 0 Å². The number of ether oxygens (including phenoxy) is 1. The summed E-state index contributed by atoms with van der Waals surface area (Å²) in [5.74, 6) is 1.56. The molecule has 0 spiro atoms. The van der Waals surface area contributed by atoms with Crippen LogP contribution in [0.4, 0.5) is 8.78 Å². The Morgan fingerprint density at radius 1 is 0.966 bits per heavy atom. The first-order valence-corrected chi connectivity index (χ1v) is 11.0. The molecule has 2 aliphatic carbocycles. The van der Waals surface area contributed by atoms with Gasteiger partial charge in [0.1, 0.15) is 5.75 Å². The van der Waals surface area contributed by atoms with Gasteiger partial charge in [0.05, 0.1) is 7.11 Å². The van der Waals surface area contributed by atoms with Crippen LogP contribution in [0, 0.1) is 23.5 Å². The molecule has 3 atom stereocenters. The minimum atomic E-state index is -0.806. The zero-order valence-corrected chi connectivity index (χ0v) is 17.0. The molecule has 0 aromatic heterocycles. The van der Waals surface area contributed by atoms with Crippen LogP contribution in [0.1, 0.15) is 50.0 Å². The zero-order chi connectivity index (χ0) is 20.0. The van der Waals surface area contributed by atoms with Crippen molar-refractivity contribution in [2.45, 2.75) is 50.5 Å². The van der Waals surface area contributed by atoms with Gasteiger partial charge < -0.3 is 9.64 Å². The average molecular weight is 398 g/mol. The van der Waals surface area contributed by atoms with E-state index in [-0.39, 0.29) is 0 Å². The molecule has 1 unspecified atom stereocenters. The molecule has 2 aromatic rings. The van der Waals surface area contributed by atoms with Gasteiger partial charge in [0, 0.05) is 11.6 Å². The second-order valence-corrected chi connectivity index (χ2v) is 9.11. The summed E-state index contributed by atoms with van der Waals surface area (Å²) in [6, 6.07) is 10.9. The summed E-state index contributed by atoms with van der Waals surface area (Å²) in [5, 5.41) is 0. The third-order valence-corrected chi connectivity index (χ3v) is 7.63. The van der Waals surface area contributed by atoms with Crippen molar-refractivity contribution in [1.82, 2.24) is 4.90 Å². The Morgan fingerprint density at radius 2 is 1.79 bits per heavy atom. The van der Waals surface area contributed by atoms with Gasteiger partial charge in [0.25, 0.3) is 0 Å². The Hall–Kier alpha value is -1.94. The summed E-state index contributed by atoms with van der Waals surface area (Å²) >= 11 is 0. The van der Waals surface area contributed by atoms with Crippen LogP contribution in [-0.2, 0) is 0 Å². The van der Waals surface area contributed by atoms with E-state index in [2.05, 4.69) is 4.90 Å². The molecule has 3 aliphatic rings. The fourth-order valence-corrected chi connectivity index (χ4v) is 6.15. The van der Waals surface area contributed by atoms with Gasteiger partial charge in [-0.1, -0.05) is 24.6 Å². The van der Waals surface area contributed by atoms with E-state index in [9.17, 15) is 8.78 Å². The molecule has 2 aromatic carbocycles. The van der Waals surface area contributed by atoms with E-state index in [0.717, 1.165) is 61.2 Å². The maximum atomic E-state index is 14.3. The van der Waals surface area contributed by atoms with E-state index in [1.165, 1.54) is 25.7 Å². The van der Waals surface area contributed by atoms with Crippen LogP contribution in [-0.4, -0.2) is 31.1 Å². The molecule has 0 radical (unpaired) electrons. The molecular weight excluding hydrogens is 368 g/mol. The first kappa shape index (κ1) is 19.0. The highest BCUT2D eigenvalue weighted by molar-refractivity contribution is 5.67. The van der Waals surface area contributed by atoms with Gasteiger partial charge in [0.15, 0.2) is 11.6 Å². The lowest BCUT2D eigenvalue weighted by Crippen LogP contribution is -2.43. The lowest BCUT2D eigenvalue weighted by molar-refractivity contribution is 0.110. The second-order valence-electron chi connectivity index (χ2n) is 9.11. The molecule has 29 heavy (non-hydrogen) atoms. The Bertz CT molecular complexity index is 890. The highest BCUT2D eigenvalue weighted by atomic mass is 19.2. The number of nitrogens with zero attached hydrogens (tertiary/aromatic N) is 1. The molecule has 154 valence electrons. The minimum Gasteiger partial charge on any atom is -0.496 e. The molecule has 1 saturated heterocycles.